The Kier molecular flexibility index (Phi) is 16.5. The molecular weight excluding hydrogens is 417 g/mol. The van der Waals surface area contributed by atoms with Crippen LogP contribution in [-0.4, -0.2) is 58.3 Å². The molecule has 0 aromatic rings. The summed E-state index contributed by atoms with van der Waals surface area (Å²) in [5.41, 5.74) is 5.23. The van der Waals surface area contributed by atoms with Crippen LogP contribution in [0.25, 0.3) is 0 Å². The number of carbonyl (C=O) groups is 4. The minimum atomic E-state index is -1.22. The Bertz CT molecular complexity index is 399. The van der Waals surface area contributed by atoms with Gasteiger partial charge in [0, 0.05) is 12.2 Å². The molecule has 0 aliphatic carbocycles. The number of rotatable bonds is 9. The summed E-state index contributed by atoms with van der Waals surface area (Å²) in [5, 5.41) is 21.4. The summed E-state index contributed by atoms with van der Waals surface area (Å²) < 4.78 is 0. The van der Waals surface area contributed by atoms with Gasteiger partial charge in [0.05, 0.1) is 0 Å². The van der Waals surface area contributed by atoms with E-state index in [-0.39, 0.29) is 52.7 Å². The Morgan fingerprint density at radius 1 is 1.14 bits per heavy atom. The third-order valence-electron chi connectivity index (χ3n) is 2.25. The molecule has 0 rings (SSSR count). The second-order valence-electron chi connectivity index (χ2n) is 3.90. The van der Waals surface area contributed by atoms with E-state index in [2.05, 4.69) is 23.3 Å². The molecule has 9 nitrogen and oxygen atoms in total. The maximum atomic E-state index is 11.5. The van der Waals surface area contributed by atoms with Gasteiger partial charge in [-0.25, -0.2) is 0 Å². The van der Waals surface area contributed by atoms with Gasteiger partial charge in [-0.1, -0.05) is 0 Å². The van der Waals surface area contributed by atoms with Gasteiger partial charge >= 0.3 is 46.1 Å². The van der Waals surface area contributed by atoms with Gasteiger partial charge in [-0.05, 0) is 6.42 Å². The number of hydrogen-bond acceptors (Lipinski definition) is 6. The average molecular weight is 434 g/mol. The van der Waals surface area contributed by atoms with E-state index in [4.69, 9.17) is 15.9 Å². The summed E-state index contributed by atoms with van der Waals surface area (Å²) in [6.45, 7) is -0.567. The Morgan fingerprint density at radius 3 is 2.09 bits per heavy atom. The first-order chi connectivity index (χ1) is 9.27. The third-order valence-corrected chi connectivity index (χ3v) is 2.61. The molecule has 0 aromatic heterocycles. The third kappa shape index (κ3) is 11.8. The molecule has 0 fully saturated rings. The van der Waals surface area contributed by atoms with Crippen molar-refractivity contribution in [3.05, 3.63) is 0 Å². The Balaban J connectivity index is -0.00000180. The van der Waals surface area contributed by atoms with Gasteiger partial charge in [-0.2, -0.15) is 12.6 Å². The first-order valence-electron chi connectivity index (χ1n) is 5.66. The minimum absolute atomic E-state index is 0. The van der Waals surface area contributed by atoms with Crippen LogP contribution in [0.15, 0.2) is 0 Å². The van der Waals surface area contributed by atoms with Crippen LogP contribution in [0.1, 0.15) is 12.8 Å². The maximum Gasteiger partial charge on any atom is 2.00 e. The normalized spacial score (nSPS) is 11.9. The number of aliphatic carboxylic acids is 2. The molecule has 2 atom stereocenters. The summed E-state index contributed by atoms with van der Waals surface area (Å²) in [5.74, 6) is -3.70. The topological polar surface area (TPSA) is 159 Å². The van der Waals surface area contributed by atoms with Gasteiger partial charge in [-0.15, -0.1) is 0 Å². The zero-order valence-electron chi connectivity index (χ0n) is 11.1. The number of nitrogens with one attached hydrogen (secondary N) is 2. The van der Waals surface area contributed by atoms with E-state index in [0.29, 0.717) is 0 Å². The molecule has 0 bridgehead atoms. The van der Waals surface area contributed by atoms with Gasteiger partial charge in [0.1, 0.15) is 18.6 Å². The number of nitrogens with two attached hydrogens (primary N) is 1. The van der Waals surface area contributed by atoms with Crippen molar-refractivity contribution in [3.63, 3.8) is 0 Å². The van der Waals surface area contributed by atoms with Crippen LogP contribution in [0.4, 0.5) is 0 Å². The van der Waals surface area contributed by atoms with Crippen molar-refractivity contribution in [1.29, 1.82) is 0 Å². The summed E-state index contributed by atoms with van der Waals surface area (Å²) >= 11 is 3.87. The van der Waals surface area contributed by atoms with Crippen LogP contribution >= 0.6 is 12.6 Å². The first kappa shape index (κ1) is 26.1. The molecule has 0 saturated carbocycles. The van der Waals surface area contributed by atoms with Crippen LogP contribution in [0.2, 0.25) is 0 Å². The molecule has 2 radical (unpaired) electrons. The Labute approximate surface area is 153 Å². The van der Waals surface area contributed by atoms with Gasteiger partial charge in [0.15, 0.2) is 0 Å². The van der Waals surface area contributed by atoms with E-state index in [1.54, 1.807) is 0 Å². The number of carbonyl (C=O) groups excluding carboxylic acids is 2. The van der Waals surface area contributed by atoms with Crippen LogP contribution < -0.4 is 16.4 Å². The molecule has 2 amide bonds. The van der Waals surface area contributed by atoms with E-state index >= 15 is 0 Å². The molecule has 22 heavy (non-hydrogen) atoms. The van der Waals surface area contributed by atoms with Crippen molar-refractivity contribution in [3.8, 4) is 0 Å². The molecular formula is C10H17Cu2N3O6S+4. The Hall–Kier alpha value is -0.771. The predicted molar refractivity (Wildman–Crippen MR) is 71.3 cm³/mol. The molecule has 0 aromatic carbocycles. The van der Waals surface area contributed by atoms with Crippen molar-refractivity contribution in [2.24, 2.45) is 5.73 Å². The van der Waals surface area contributed by atoms with Crippen molar-refractivity contribution in [1.82, 2.24) is 10.6 Å². The molecule has 0 saturated heterocycles. The SMILES string of the molecule is NC(CCC(=O)NC(CS)C(=O)NCC(=O)O)C(=O)O.[Cu+2].[Cu+2]. The van der Waals surface area contributed by atoms with E-state index in [0.717, 1.165) is 0 Å². The van der Waals surface area contributed by atoms with Gasteiger partial charge in [-0.3, -0.25) is 19.2 Å². The summed E-state index contributed by atoms with van der Waals surface area (Å²) in [6, 6.07) is -2.15. The zero-order chi connectivity index (χ0) is 15.7. The fraction of sp³-hybridized carbons (Fsp3) is 0.600. The Morgan fingerprint density at radius 2 is 1.68 bits per heavy atom. The van der Waals surface area contributed by atoms with E-state index in [1.807, 2.05) is 0 Å². The fourth-order valence-electron chi connectivity index (χ4n) is 1.16. The fourth-order valence-corrected chi connectivity index (χ4v) is 1.41. The smallest absolute Gasteiger partial charge is 0.480 e. The number of carboxylic acid groups (broad SMARTS) is 2. The summed E-state index contributed by atoms with van der Waals surface area (Å²) in [4.78, 5) is 43.7. The largest absolute Gasteiger partial charge is 2.00 e. The maximum absolute atomic E-state index is 11.5. The van der Waals surface area contributed by atoms with Crippen LogP contribution in [-0.2, 0) is 53.3 Å². The number of hydrogen-bond donors (Lipinski definition) is 6. The van der Waals surface area contributed by atoms with Crippen molar-refractivity contribution in [2.45, 2.75) is 24.9 Å². The summed E-state index contributed by atoms with van der Waals surface area (Å²) in [6.07, 6.45) is -0.235. The number of carboxylic acids is 2. The molecule has 0 spiro atoms. The quantitative estimate of drug-likeness (QED) is 0.177. The monoisotopic (exact) mass is 433 g/mol. The molecule has 0 aliphatic heterocycles. The predicted octanol–water partition coefficient (Wildman–Crippen LogP) is -2.21. The van der Waals surface area contributed by atoms with E-state index in [9.17, 15) is 19.2 Å². The average Bonchev–Trinajstić information content (AvgIpc) is 2.38. The van der Waals surface area contributed by atoms with E-state index in [1.165, 1.54) is 0 Å². The van der Waals surface area contributed by atoms with E-state index < -0.39 is 42.4 Å². The number of thiol groups is 1. The molecule has 0 aliphatic rings. The standard InChI is InChI=1S/C10H17N3O6S.2Cu/c11-5(10(18)19)1-2-7(14)13-6(4-20)9(17)12-3-8(15)16;;/h5-6,20H,1-4,11H2,(H,12,17)(H,13,14)(H,15,16)(H,18,19);;/q;2*+2. The van der Waals surface area contributed by atoms with Crippen LogP contribution in [0.5, 0.6) is 0 Å². The second-order valence-corrected chi connectivity index (χ2v) is 4.26. The van der Waals surface area contributed by atoms with Gasteiger partial charge in [0.2, 0.25) is 11.8 Å². The van der Waals surface area contributed by atoms with Crippen molar-refractivity contribution < 1.29 is 63.5 Å². The molecule has 132 valence electrons. The molecule has 12 heteroatoms. The second kappa shape index (κ2) is 13.9. The minimum Gasteiger partial charge on any atom is -0.480 e. The zero-order valence-corrected chi connectivity index (χ0v) is 13.9. The summed E-state index contributed by atoms with van der Waals surface area (Å²) in [7, 11) is 0. The molecule has 2 unspecified atom stereocenters. The van der Waals surface area contributed by atoms with Crippen molar-refractivity contribution >= 4 is 36.4 Å². The van der Waals surface area contributed by atoms with Crippen molar-refractivity contribution in [2.75, 3.05) is 12.3 Å². The molecule has 6 N–H and O–H groups in total. The van der Waals surface area contributed by atoms with Gasteiger partial charge < -0.3 is 26.6 Å². The van der Waals surface area contributed by atoms with Crippen LogP contribution in [0.3, 0.4) is 0 Å². The first-order valence-corrected chi connectivity index (χ1v) is 6.29. The van der Waals surface area contributed by atoms with Crippen LogP contribution in [0, 0.1) is 0 Å². The molecule has 0 heterocycles. The number of amides is 2. The van der Waals surface area contributed by atoms with Gasteiger partial charge in [0.25, 0.3) is 0 Å².